The van der Waals surface area contributed by atoms with Crippen molar-refractivity contribution in [1.82, 2.24) is 14.7 Å². The summed E-state index contributed by atoms with van der Waals surface area (Å²) in [4.78, 5) is 29.7. The number of carbonyl (C=O) groups excluding carboxylic acids is 1. The van der Waals surface area contributed by atoms with E-state index in [2.05, 4.69) is 10.00 Å². The lowest BCUT2D eigenvalue weighted by Gasteiger charge is -2.36. The molecule has 160 valence electrons. The molecule has 8 heteroatoms. The van der Waals surface area contributed by atoms with Crippen molar-refractivity contribution in [3.05, 3.63) is 76.7 Å². The Bertz CT molecular complexity index is 1120. The number of nitrogens with zero attached hydrogens (tertiary/aromatic N) is 4. The highest BCUT2D eigenvalue weighted by Crippen LogP contribution is 2.28. The number of ether oxygens (including phenoxy) is 2. The number of benzene rings is 2. The molecule has 1 fully saturated rings. The van der Waals surface area contributed by atoms with Gasteiger partial charge in [-0.3, -0.25) is 9.59 Å². The summed E-state index contributed by atoms with van der Waals surface area (Å²) in [6.07, 6.45) is 0. The molecule has 31 heavy (non-hydrogen) atoms. The van der Waals surface area contributed by atoms with Crippen molar-refractivity contribution < 1.29 is 14.3 Å². The van der Waals surface area contributed by atoms with Crippen LogP contribution in [0.2, 0.25) is 0 Å². The lowest BCUT2D eigenvalue weighted by atomic mass is 10.2. The van der Waals surface area contributed by atoms with Crippen LogP contribution in [0, 0.1) is 0 Å². The van der Waals surface area contributed by atoms with Crippen LogP contribution in [0.4, 0.5) is 5.69 Å². The topological polar surface area (TPSA) is 76.9 Å². The van der Waals surface area contributed by atoms with Crippen molar-refractivity contribution in [2.24, 2.45) is 0 Å². The highest BCUT2D eigenvalue weighted by molar-refractivity contribution is 5.95. The van der Waals surface area contributed by atoms with E-state index in [0.717, 1.165) is 11.4 Å². The maximum atomic E-state index is 13.3. The molecule has 0 saturated carbocycles. The highest BCUT2D eigenvalue weighted by atomic mass is 16.5. The molecule has 3 aromatic rings. The van der Waals surface area contributed by atoms with Gasteiger partial charge in [0.05, 0.1) is 31.7 Å². The van der Waals surface area contributed by atoms with Gasteiger partial charge in [0.2, 0.25) is 0 Å². The molecule has 0 aliphatic carbocycles. The van der Waals surface area contributed by atoms with Gasteiger partial charge in [-0.05, 0) is 24.3 Å². The molecule has 0 spiro atoms. The summed E-state index contributed by atoms with van der Waals surface area (Å²) in [5.74, 6) is 0.719. The van der Waals surface area contributed by atoms with Gasteiger partial charge in [-0.2, -0.15) is 9.78 Å². The summed E-state index contributed by atoms with van der Waals surface area (Å²) < 4.78 is 12.0. The average molecular weight is 420 g/mol. The third-order valence-electron chi connectivity index (χ3n) is 5.31. The fraction of sp³-hybridized carbons (Fsp3) is 0.261. The first-order valence-corrected chi connectivity index (χ1v) is 10.0. The molecule has 0 bridgehead atoms. The van der Waals surface area contributed by atoms with E-state index in [1.54, 1.807) is 24.1 Å². The minimum atomic E-state index is -0.361. The molecular weight excluding hydrogens is 396 g/mol. The van der Waals surface area contributed by atoms with Gasteiger partial charge < -0.3 is 19.3 Å². The van der Waals surface area contributed by atoms with Crippen LogP contribution in [-0.2, 0) is 0 Å². The largest absolute Gasteiger partial charge is 0.495 e. The molecule has 0 unspecified atom stereocenters. The quantitative estimate of drug-likeness (QED) is 0.630. The fourth-order valence-electron chi connectivity index (χ4n) is 3.69. The third-order valence-corrected chi connectivity index (χ3v) is 5.31. The molecule has 2 aromatic carbocycles. The smallest absolute Gasteiger partial charge is 0.278 e. The number of piperazine rings is 1. The number of hydrogen-bond acceptors (Lipinski definition) is 6. The zero-order valence-electron chi connectivity index (χ0n) is 17.5. The van der Waals surface area contributed by atoms with Crippen molar-refractivity contribution in [3.8, 4) is 17.2 Å². The highest BCUT2D eigenvalue weighted by Gasteiger charge is 2.27. The van der Waals surface area contributed by atoms with Crippen LogP contribution < -0.4 is 19.9 Å². The Balaban J connectivity index is 1.57. The number of aromatic nitrogens is 2. The molecule has 1 amide bonds. The van der Waals surface area contributed by atoms with E-state index in [9.17, 15) is 9.59 Å². The number of methoxy groups -OCH3 is 2. The standard InChI is InChI=1S/C23H24N4O4/c1-30-19-11-7-6-10-18(19)25-12-14-26(15-13-25)23(29)22-20(31-2)16-21(28)27(24-22)17-8-4-3-5-9-17/h3-11,16H,12-15H2,1-2H3. The van der Waals surface area contributed by atoms with Crippen LogP contribution in [0.25, 0.3) is 5.69 Å². The molecule has 1 aromatic heterocycles. The molecule has 0 atom stereocenters. The molecule has 0 radical (unpaired) electrons. The van der Waals surface area contributed by atoms with Crippen LogP contribution in [0.3, 0.4) is 0 Å². The second kappa shape index (κ2) is 8.91. The Morgan fingerprint density at radius 3 is 2.19 bits per heavy atom. The van der Waals surface area contributed by atoms with E-state index >= 15 is 0 Å². The van der Waals surface area contributed by atoms with Crippen molar-refractivity contribution >= 4 is 11.6 Å². The average Bonchev–Trinajstić information content (AvgIpc) is 2.84. The van der Waals surface area contributed by atoms with Crippen molar-refractivity contribution in [2.45, 2.75) is 0 Å². The summed E-state index contributed by atoms with van der Waals surface area (Å²) >= 11 is 0. The zero-order chi connectivity index (χ0) is 21.8. The maximum absolute atomic E-state index is 13.3. The maximum Gasteiger partial charge on any atom is 0.278 e. The first kappa shape index (κ1) is 20.5. The monoisotopic (exact) mass is 420 g/mol. The van der Waals surface area contributed by atoms with Gasteiger partial charge in [0, 0.05) is 26.2 Å². The summed E-state index contributed by atoms with van der Waals surface area (Å²) in [5.41, 5.74) is 1.35. The van der Waals surface area contributed by atoms with E-state index < -0.39 is 0 Å². The minimum absolute atomic E-state index is 0.122. The Morgan fingerprint density at radius 1 is 0.871 bits per heavy atom. The summed E-state index contributed by atoms with van der Waals surface area (Å²) in [7, 11) is 3.08. The van der Waals surface area contributed by atoms with E-state index in [-0.39, 0.29) is 22.9 Å². The number of rotatable bonds is 5. The summed E-state index contributed by atoms with van der Waals surface area (Å²) in [6, 6.07) is 18.1. The van der Waals surface area contributed by atoms with E-state index in [1.807, 2.05) is 42.5 Å². The van der Waals surface area contributed by atoms with Crippen LogP contribution in [0.15, 0.2) is 65.5 Å². The lowest BCUT2D eigenvalue weighted by Crippen LogP contribution is -2.49. The lowest BCUT2D eigenvalue weighted by molar-refractivity contribution is 0.0734. The first-order valence-electron chi connectivity index (χ1n) is 10.0. The normalized spacial score (nSPS) is 13.7. The molecule has 0 N–H and O–H groups in total. The van der Waals surface area contributed by atoms with Crippen molar-refractivity contribution in [1.29, 1.82) is 0 Å². The van der Waals surface area contributed by atoms with Crippen LogP contribution >= 0.6 is 0 Å². The minimum Gasteiger partial charge on any atom is -0.495 e. The predicted molar refractivity (Wildman–Crippen MR) is 117 cm³/mol. The molecule has 8 nitrogen and oxygen atoms in total. The molecular formula is C23H24N4O4. The van der Waals surface area contributed by atoms with Gasteiger partial charge >= 0.3 is 0 Å². The van der Waals surface area contributed by atoms with E-state index in [4.69, 9.17) is 9.47 Å². The summed E-state index contributed by atoms with van der Waals surface area (Å²) in [6.45, 7) is 2.36. The molecule has 2 heterocycles. The molecule has 1 saturated heterocycles. The predicted octanol–water partition coefficient (Wildman–Crippen LogP) is 2.21. The second-order valence-electron chi connectivity index (χ2n) is 7.10. The number of anilines is 1. The van der Waals surface area contributed by atoms with Gasteiger partial charge in [-0.15, -0.1) is 0 Å². The van der Waals surface area contributed by atoms with E-state index in [1.165, 1.54) is 17.9 Å². The van der Waals surface area contributed by atoms with Crippen LogP contribution in [0.1, 0.15) is 10.5 Å². The van der Waals surface area contributed by atoms with Gasteiger partial charge in [0.25, 0.3) is 11.5 Å². The van der Waals surface area contributed by atoms with Crippen LogP contribution in [0.5, 0.6) is 11.5 Å². The van der Waals surface area contributed by atoms with Crippen molar-refractivity contribution in [2.75, 3.05) is 45.3 Å². The second-order valence-corrected chi connectivity index (χ2v) is 7.10. The third kappa shape index (κ3) is 4.09. The number of hydrogen-bond donors (Lipinski definition) is 0. The first-order chi connectivity index (χ1) is 15.1. The van der Waals surface area contributed by atoms with Gasteiger partial charge in [0.1, 0.15) is 5.75 Å². The Labute approximate surface area is 180 Å². The summed E-state index contributed by atoms with van der Waals surface area (Å²) in [5, 5.41) is 4.35. The Morgan fingerprint density at radius 2 is 1.52 bits per heavy atom. The number of para-hydroxylation sites is 3. The zero-order valence-corrected chi connectivity index (χ0v) is 17.5. The molecule has 4 rings (SSSR count). The SMILES string of the molecule is COc1ccccc1N1CCN(C(=O)c2nn(-c3ccccc3)c(=O)cc2OC)CC1. The van der Waals surface area contributed by atoms with Crippen molar-refractivity contribution in [3.63, 3.8) is 0 Å². The Kier molecular flexibility index (Phi) is 5.88. The number of amides is 1. The Hall–Kier alpha value is -3.81. The van der Waals surface area contributed by atoms with Gasteiger partial charge in [-0.25, -0.2) is 0 Å². The van der Waals surface area contributed by atoms with Crippen LogP contribution in [-0.4, -0.2) is 61.0 Å². The van der Waals surface area contributed by atoms with Gasteiger partial charge in [-0.1, -0.05) is 30.3 Å². The molecule has 1 aliphatic rings. The fourth-order valence-corrected chi connectivity index (χ4v) is 3.69. The van der Waals surface area contributed by atoms with E-state index in [0.29, 0.717) is 31.9 Å². The molecule has 1 aliphatic heterocycles. The number of carbonyl (C=O) groups is 1. The van der Waals surface area contributed by atoms with Gasteiger partial charge in [0.15, 0.2) is 11.4 Å².